The van der Waals surface area contributed by atoms with Crippen LogP contribution < -0.4 is 10.6 Å². The highest BCUT2D eigenvalue weighted by molar-refractivity contribution is 5.86. The van der Waals surface area contributed by atoms with E-state index in [0.29, 0.717) is 19.7 Å². The second-order valence-corrected chi connectivity index (χ2v) is 7.26. The molecule has 28 heavy (non-hydrogen) atoms. The zero-order valence-corrected chi connectivity index (χ0v) is 16.1. The third-order valence-corrected chi connectivity index (χ3v) is 5.30. The minimum atomic E-state index is -1.03. The van der Waals surface area contributed by atoms with E-state index in [2.05, 4.69) is 20.6 Å². The Morgan fingerprint density at radius 2 is 2.07 bits per heavy atom. The van der Waals surface area contributed by atoms with Gasteiger partial charge in [0.05, 0.1) is 23.9 Å². The number of aryl methyl sites for hydroxylation is 1. The third kappa shape index (κ3) is 3.48. The Hall–Kier alpha value is -2.83. The Labute approximate surface area is 164 Å². The van der Waals surface area contributed by atoms with E-state index >= 15 is 0 Å². The molecular formula is C22H24N4O2. The molecule has 0 spiro atoms. The quantitative estimate of drug-likeness (QED) is 0.732. The lowest BCUT2D eigenvalue weighted by Crippen LogP contribution is -2.59. The van der Waals surface area contributed by atoms with Crippen LogP contribution in [0.5, 0.6) is 0 Å². The number of benzene rings is 1. The van der Waals surface area contributed by atoms with Gasteiger partial charge in [0.2, 0.25) is 0 Å². The predicted octanol–water partition coefficient (Wildman–Crippen LogP) is 2.67. The van der Waals surface area contributed by atoms with Gasteiger partial charge in [-0.3, -0.25) is 14.8 Å². The number of hydrogen-bond donors (Lipinski definition) is 2. The zero-order chi connectivity index (χ0) is 19.6. The standard InChI is InChI=1S/C22H24N4O2/c1-15-5-3-10-24-19(15)20-22(2,28-12-11-25-20)21(27)26-14-16-7-8-18-17(13-16)6-4-9-23-18/h3-10,13,20,25H,11-12,14H2,1-2H3,(H,26,27). The van der Waals surface area contributed by atoms with Crippen molar-refractivity contribution in [2.45, 2.75) is 32.0 Å². The van der Waals surface area contributed by atoms with Crippen LogP contribution in [0.25, 0.3) is 10.9 Å². The van der Waals surface area contributed by atoms with E-state index in [1.807, 2.05) is 56.3 Å². The van der Waals surface area contributed by atoms with Gasteiger partial charge in [0.1, 0.15) is 0 Å². The summed E-state index contributed by atoms with van der Waals surface area (Å²) in [6, 6.07) is 13.5. The normalized spacial score (nSPS) is 22.1. The van der Waals surface area contributed by atoms with Crippen molar-refractivity contribution in [1.29, 1.82) is 0 Å². The predicted molar refractivity (Wildman–Crippen MR) is 108 cm³/mol. The molecule has 1 aliphatic rings. The highest BCUT2D eigenvalue weighted by atomic mass is 16.5. The van der Waals surface area contributed by atoms with Crippen LogP contribution in [0.3, 0.4) is 0 Å². The molecular weight excluding hydrogens is 352 g/mol. The monoisotopic (exact) mass is 376 g/mol. The number of carbonyl (C=O) groups excluding carboxylic acids is 1. The number of rotatable bonds is 4. The van der Waals surface area contributed by atoms with E-state index < -0.39 is 5.60 Å². The highest BCUT2D eigenvalue weighted by Crippen LogP contribution is 2.32. The fourth-order valence-corrected chi connectivity index (χ4v) is 3.69. The van der Waals surface area contributed by atoms with Crippen molar-refractivity contribution in [1.82, 2.24) is 20.6 Å². The molecule has 4 rings (SSSR count). The largest absolute Gasteiger partial charge is 0.362 e. The smallest absolute Gasteiger partial charge is 0.254 e. The van der Waals surface area contributed by atoms with Crippen LogP contribution in [0.15, 0.2) is 54.9 Å². The summed E-state index contributed by atoms with van der Waals surface area (Å²) in [6.07, 6.45) is 3.53. The molecule has 0 saturated carbocycles. The Morgan fingerprint density at radius 1 is 1.25 bits per heavy atom. The van der Waals surface area contributed by atoms with Crippen LogP contribution in [0.4, 0.5) is 0 Å². The van der Waals surface area contributed by atoms with Gasteiger partial charge in [0.25, 0.3) is 5.91 Å². The van der Waals surface area contributed by atoms with Crippen molar-refractivity contribution >= 4 is 16.8 Å². The molecule has 6 nitrogen and oxygen atoms in total. The molecule has 1 aromatic carbocycles. The van der Waals surface area contributed by atoms with Crippen LogP contribution in [0.2, 0.25) is 0 Å². The number of aromatic nitrogens is 2. The van der Waals surface area contributed by atoms with Crippen molar-refractivity contribution in [3.63, 3.8) is 0 Å². The average molecular weight is 376 g/mol. The molecule has 3 heterocycles. The van der Waals surface area contributed by atoms with Crippen LogP contribution >= 0.6 is 0 Å². The van der Waals surface area contributed by atoms with Crippen molar-refractivity contribution < 1.29 is 9.53 Å². The first-order chi connectivity index (χ1) is 13.6. The summed E-state index contributed by atoms with van der Waals surface area (Å²) in [5.41, 5.74) is 2.81. The first-order valence-corrected chi connectivity index (χ1v) is 9.49. The second kappa shape index (κ2) is 7.66. The van der Waals surface area contributed by atoms with Gasteiger partial charge in [-0.15, -0.1) is 0 Å². The van der Waals surface area contributed by atoms with Crippen molar-refractivity contribution in [3.05, 3.63) is 71.7 Å². The summed E-state index contributed by atoms with van der Waals surface area (Å²) in [6.45, 7) is 5.42. The SMILES string of the molecule is Cc1cccnc1C1NCCOC1(C)C(=O)NCc1ccc2ncccc2c1. The highest BCUT2D eigenvalue weighted by Gasteiger charge is 2.46. The van der Waals surface area contributed by atoms with Gasteiger partial charge in [-0.25, -0.2) is 0 Å². The number of nitrogens with one attached hydrogen (secondary N) is 2. The number of fused-ring (bicyclic) bond motifs is 1. The molecule has 144 valence electrons. The molecule has 6 heteroatoms. The molecule has 1 saturated heterocycles. The molecule has 2 atom stereocenters. The van der Waals surface area contributed by atoms with Crippen molar-refractivity contribution in [3.8, 4) is 0 Å². The summed E-state index contributed by atoms with van der Waals surface area (Å²) in [5, 5.41) is 7.51. The summed E-state index contributed by atoms with van der Waals surface area (Å²) in [5.74, 6) is -0.152. The zero-order valence-electron chi connectivity index (χ0n) is 16.1. The molecule has 1 amide bonds. The molecule has 1 fully saturated rings. The number of nitrogens with zero attached hydrogens (tertiary/aromatic N) is 2. The summed E-state index contributed by atoms with van der Waals surface area (Å²) in [7, 11) is 0. The minimum Gasteiger partial charge on any atom is -0.362 e. The molecule has 2 N–H and O–H groups in total. The number of ether oxygens (including phenoxy) is 1. The maximum absolute atomic E-state index is 13.1. The molecule has 3 aromatic rings. The van der Waals surface area contributed by atoms with Crippen LogP contribution in [0.1, 0.15) is 29.8 Å². The Kier molecular flexibility index (Phi) is 5.07. The third-order valence-electron chi connectivity index (χ3n) is 5.30. The van der Waals surface area contributed by atoms with Gasteiger partial charge in [-0.1, -0.05) is 18.2 Å². The van der Waals surface area contributed by atoms with E-state index in [1.165, 1.54) is 0 Å². The molecule has 0 aliphatic carbocycles. The maximum Gasteiger partial charge on any atom is 0.254 e. The first-order valence-electron chi connectivity index (χ1n) is 9.49. The lowest BCUT2D eigenvalue weighted by molar-refractivity contribution is -0.155. The van der Waals surface area contributed by atoms with E-state index in [4.69, 9.17) is 4.74 Å². The lowest BCUT2D eigenvalue weighted by Gasteiger charge is -2.40. The maximum atomic E-state index is 13.1. The second-order valence-electron chi connectivity index (χ2n) is 7.26. The summed E-state index contributed by atoms with van der Waals surface area (Å²) >= 11 is 0. The fourth-order valence-electron chi connectivity index (χ4n) is 3.69. The molecule has 0 bridgehead atoms. The van der Waals surface area contributed by atoms with Crippen LogP contribution in [-0.4, -0.2) is 34.6 Å². The van der Waals surface area contributed by atoms with E-state index in [-0.39, 0.29) is 11.9 Å². The van der Waals surface area contributed by atoms with E-state index in [1.54, 1.807) is 12.4 Å². The van der Waals surface area contributed by atoms with Gasteiger partial charge >= 0.3 is 0 Å². The number of carbonyl (C=O) groups is 1. The Balaban J connectivity index is 1.53. The number of morpholine rings is 1. The van der Waals surface area contributed by atoms with Crippen LogP contribution in [-0.2, 0) is 16.1 Å². The average Bonchev–Trinajstić information content (AvgIpc) is 2.73. The van der Waals surface area contributed by atoms with Gasteiger partial charge < -0.3 is 15.4 Å². The molecule has 1 aliphatic heterocycles. The van der Waals surface area contributed by atoms with Crippen molar-refractivity contribution in [2.75, 3.05) is 13.2 Å². The van der Waals surface area contributed by atoms with E-state index in [0.717, 1.165) is 27.7 Å². The number of hydrogen-bond acceptors (Lipinski definition) is 5. The Bertz CT molecular complexity index is 1010. The lowest BCUT2D eigenvalue weighted by atomic mass is 9.88. The Morgan fingerprint density at radius 3 is 2.93 bits per heavy atom. The number of pyridine rings is 2. The molecule has 2 unspecified atom stereocenters. The van der Waals surface area contributed by atoms with Gasteiger partial charge in [0.15, 0.2) is 5.60 Å². The van der Waals surface area contributed by atoms with Gasteiger partial charge in [-0.05, 0) is 49.2 Å². The van der Waals surface area contributed by atoms with Crippen molar-refractivity contribution in [2.24, 2.45) is 0 Å². The number of amides is 1. The van der Waals surface area contributed by atoms with E-state index in [9.17, 15) is 4.79 Å². The summed E-state index contributed by atoms with van der Waals surface area (Å²) in [4.78, 5) is 22.0. The topological polar surface area (TPSA) is 76.1 Å². The fraction of sp³-hybridized carbons (Fsp3) is 0.318. The minimum absolute atomic E-state index is 0.152. The van der Waals surface area contributed by atoms with Crippen LogP contribution in [0, 0.1) is 6.92 Å². The first kappa shape index (κ1) is 18.5. The van der Waals surface area contributed by atoms with Gasteiger partial charge in [0, 0.05) is 30.9 Å². The van der Waals surface area contributed by atoms with Gasteiger partial charge in [-0.2, -0.15) is 0 Å². The molecule has 0 radical (unpaired) electrons. The summed E-state index contributed by atoms with van der Waals surface area (Å²) < 4.78 is 5.98. The molecule has 2 aromatic heterocycles.